The zero-order chi connectivity index (χ0) is 11.0. The van der Waals surface area contributed by atoms with E-state index in [0.717, 1.165) is 6.42 Å². The molecule has 0 amide bonds. The summed E-state index contributed by atoms with van der Waals surface area (Å²) in [6.45, 7) is 2.18. The lowest BCUT2D eigenvalue weighted by Crippen LogP contribution is -1.82. The molecular formula is C16H13. The molecule has 0 nitrogen and oxygen atoms in total. The maximum atomic E-state index is 3.41. The van der Waals surface area contributed by atoms with Crippen molar-refractivity contribution >= 4 is 21.5 Å². The molecule has 77 valence electrons. The fourth-order valence-corrected chi connectivity index (χ4v) is 2.18. The van der Waals surface area contributed by atoms with Crippen LogP contribution in [0.15, 0.2) is 48.5 Å². The second-order valence-electron chi connectivity index (χ2n) is 4.11. The highest BCUT2D eigenvalue weighted by atomic mass is 14.0. The Hall–Kier alpha value is -1.82. The molecule has 0 unspecified atom stereocenters. The summed E-state index contributed by atoms with van der Waals surface area (Å²) in [7, 11) is 0. The summed E-state index contributed by atoms with van der Waals surface area (Å²) >= 11 is 0. The topological polar surface area (TPSA) is 0 Å². The lowest BCUT2D eigenvalue weighted by Gasteiger charge is -2.04. The van der Waals surface area contributed by atoms with Crippen molar-refractivity contribution in [2.75, 3.05) is 0 Å². The van der Waals surface area contributed by atoms with E-state index < -0.39 is 0 Å². The van der Waals surface area contributed by atoms with Crippen LogP contribution >= 0.6 is 0 Å². The van der Waals surface area contributed by atoms with Crippen LogP contribution in [-0.2, 0) is 6.42 Å². The standard InChI is InChI=1S/C16H13/c1-2-12-7-10-16-14(11-12)9-8-13-5-3-4-6-15(13)16/h3-9,11H,2H2,1H3. The predicted octanol–water partition coefficient (Wildman–Crippen LogP) is 4.36. The third-order valence-corrected chi connectivity index (χ3v) is 3.11. The van der Waals surface area contributed by atoms with Gasteiger partial charge in [-0.3, -0.25) is 0 Å². The van der Waals surface area contributed by atoms with E-state index in [4.69, 9.17) is 0 Å². The van der Waals surface area contributed by atoms with E-state index in [1.165, 1.54) is 27.1 Å². The molecule has 0 heterocycles. The second-order valence-corrected chi connectivity index (χ2v) is 4.11. The molecule has 3 rings (SSSR count). The number of hydrogen-bond acceptors (Lipinski definition) is 0. The molecule has 0 saturated carbocycles. The van der Waals surface area contributed by atoms with E-state index in [1.54, 1.807) is 0 Å². The Labute approximate surface area is 95.5 Å². The molecule has 0 fully saturated rings. The third-order valence-electron chi connectivity index (χ3n) is 3.11. The second kappa shape index (κ2) is 3.64. The Morgan fingerprint density at radius 1 is 1.00 bits per heavy atom. The fourth-order valence-electron chi connectivity index (χ4n) is 2.18. The lowest BCUT2D eigenvalue weighted by molar-refractivity contribution is 1.15. The molecule has 0 aliphatic heterocycles. The van der Waals surface area contributed by atoms with E-state index >= 15 is 0 Å². The Morgan fingerprint density at radius 3 is 2.69 bits per heavy atom. The summed E-state index contributed by atoms with van der Waals surface area (Å²) in [4.78, 5) is 0. The van der Waals surface area contributed by atoms with E-state index in [2.05, 4.69) is 61.5 Å². The summed E-state index contributed by atoms with van der Waals surface area (Å²) in [5.41, 5.74) is 1.35. The van der Waals surface area contributed by atoms with Gasteiger partial charge in [-0.15, -0.1) is 0 Å². The van der Waals surface area contributed by atoms with Crippen molar-refractivity contribution in [1.82, 2.24) is 0 Å². The van der Waals surface area contributed by atoms with Gasteiger partial charge in [0.05, 0.1) is 0 Å². The lowest BCUT2D eigenvalue weighted by atomic mass is 10.00. The Balaban J connectivity index is 2.43. The molecule has 0 aliphatic carbocycles. The van der Waals surface area contributed by atoms with Gasteiger partial charge in [-0.05, 0) is 39.6 Å². The summed E-state index contributed by atoms with van der Waals surface area (Å²) in [5, 5.41) is 5.10. The molecule has 0 spiro atoms. The Morgan fingerprint density at radius 2 is 1.81 bits per heavy atom. The number of hydrogen-bond donors (Lipinski definition) is 0. The molecule has 0 heteroatoms. The van der Waals surface area contributed by atoms with Crippen molar-refractivity contribution in [3.05, 3.63) is 60.2 Å². The average molecular weight is 205 g/mol. The van der Waals surface area contributed by atoms with Crippen LogP contribution in [0.1, 0.15) is 12.5 Å². The minimum absolute atomic E-state index is 1.07. The highest BCUT2D eigenvalue weighted by molar-refractivity contribution is 6.07. The molecule has 0 bridgehead atoms. The van der Waals surface area contributed by atoms with E-state index in [-0.39, 0.29) is 0 Å². The highest BCUT2D eigenvalue weighted by Gasteiger charge is 2.00. The van der Waals surface area contributed by atoms with Crippen LogP contribution in [0.3, 0.4) is 0 Å². The van der Waals surface area contributed by atoms with Crippen LogP contribution < -0.4 is 0 Å². The smallest absolute Gasteiger partial charge is 0.00264 e. The first kappa shape index (κ1) is 9.41. The molecule has 3 aromatic carbocycles. The number of benzene rings is 3. The Bertz CT molecular complexity index is 650. The third kappa shape index (κ3) is 1.38. The van der Waals surface area contributed by atoms with Crippen molar-refractivity contribution in [2.45, 2.75) is 13.3 Å². The summed E-state index contributed by atoms with van der Waals surface area (Å²) in [5.74, 6) is 0. The van der Waals surface area contributed by atoms with Crippen molar-refractivity contribution in [3.63, 3.8) is 0 Å². The SMILES string of the molecule is CCc1c[c]c2c(ccc3ccccc32)c1. The van der Waals surface area contributed by atoms with Crippen LogP contribution in [0.4, 0.5) is 0 Å². The van der Waals surface area contributed by atoms with Gasteiger partial charge >= 0.3 is 0 Å². The van der Waals surface area contributed by atoms with Gasteiger partial charge in [0, 0.05) is 0 Å². The summed E-state index contributed by atoms with van der Waals surface area (Å²) < 4.78 is 0. The van der Waals surface area contributed by atoms with Gasteiger partial charge in [-0.25, -0.2) is 0 Å². The van der Waals surface area contributed by atoms with Crippen molar-refractivity contribution in [3.8, 4) is 0 Å². The zero-order valence-corrected chi connectivity index (χ0v) is 9.33. The van der Waals surface area contributed by atoms with Gasteiger partial charge in [-0.1, -0.05) is 55.5 Å². The van der Waals surface area contributed by atoms with Crippen molar-refractivity contribution in [2.24, 2.45) is 0 Å². The highest BCUT2D eigenvalue weighted by Crippen LogP contribution is 2.25. The largest absolute Gasteiger partial charge is 0.0616 e. The van der Waals surface area contributed by atoms with Gasteiger partial charge in [0.1, 0.15) is 0 Å². The number of fused-ring (bicyclic) bond motifs is 3. The molecule has 16 heavy (non-hydrogen) atoms. The van der Waals surface area contributed by atoms with Crippen LogP contribution in [0.5, 0.6) is 0 Å². The summed E-state index contributed by atoms with van der Waals surface area (Å²) in [6, 6.07) is 20.6. The van der Waals surface area contributed by atoms with E-state index in [1.807, 2.05) is 0 Å². The van der Waals surface area contributed by atoms with Gasteiger partial charge in [0.2, 0.25) is 0 Å². The molecule has 1 radical (unpaired) electrons. The van der Waals surface area contributed by atoms with E-state index in [9.17, 15) is 0 Å². The van der Waals surface area contributed by atoms with Gasteiger partial charge in [0.25, 0.3) is 0 Å². The fraction of sp³-hybridized carbons (Fsp3) is 0.125. The van der Waals surface area contributed by atoms with E-state index in [0.29, 0.717) is 0 Å². The molecule has 0 atom stereocenters. The molecule has 0 saturated heterocycles. The first-order valence-corrected chi connectivity index (χ1v) is 5.70. The first-order chi connectivity index (χ1) is 7.88. The summed E-state index contributed by atoms with van der Waals surface area (Å²) in [6.07, 6.45) is 1.07. The monoisotopic (exact) mass is 205 g/mol. The van der Waals surface area contributed by atoms with Crippen LogP contribution in [0.2, 0.25) is 0 Å². The number of aryl methyl sites for hydroxylation is 1. The molecular weight excluding hydrogens is 192 g/mol. The van der Waals surface area contributed by atoms with Gasteiger partial charge in [0.15, 0.2) is 0 Å². The maximum Gasteiger partial charge on any atom is -0.00264 e. The van der Waals surface area contributed by atoms with Crippen LogP contribution in [-0.4, -0.2) is 0 Å². The zero-order valence-electron chi connectivity index (χ0n) is 9.33. The predicted molar refractivity (Wildman–Crippen MR) is 69.7 cm³/mol. The average Bonchev–Trinajstić information content (AvgIpc) is 2.38. The van der Waals surface area contributed by atoms with Gasteiger partial charge in [-0.2, -0.15) is 0 Å². The van der Waals surface area contributed by atoms with Crippen LogP contribution in [0, 0.1) is 6.07 Å². The molecule has 3 aromatic rings. The van der Waals surface area contributed by atoms with Gasteiger partial charge < -0.3 is 0 Å². The molecule has 0 aliphatic rings. The van der Waals surface area contributed by atoms with Crippen LogP contribution in [0.25, 0.3) is 21.5 Å². The van der Waals surface area contributed by atoms with Crippen molar-refractivity contribution in [1.29, 1.82) is 0 Å². The van der Waals surface area contributed by atoms with Crippen molar-refractivity contribution < 1.29 is 0 Å². The molecule has 0 N–H and O–H groups in total. The number of rotatable bonds is 1. The first-order valence-electron chi connectivity index (χ1n) is 5.70. The quantitative estimate of drug-likeness (QED) is 0.518. The maximum absolute atomic E-state index is 3.41. The minimum atomic E-state index is 1.07. The minimum Gasteiger partial charge on any atom is -0.0616 e. The molecule has 0 aromatic heterocycles. The Kier molecular flexibility index (Phi) is 2.14. The normalized spacial score (nSPS) is 11.1.